The molecule has 1 saturated carbocycles. The van der Waals surface area contributed by atoms with E-state index in [9.17, 15) is 9.59 Å². The molecule has 176 valence electrons. The summed E-state index contributed by atoms with van der Waals surface area (Å²) < 4.78 is 10.8. The first kappa shape index (κ1) is 24.7. The monoisotopic (exact) mass is 458 g/mol. The lowest BCUT2D eigenvalue weighted by atomic mass is 9.80. The summed E-state index contributed by atoms with van der Waals surface area (Å²) in [5.74, 6) is 5.82. The van der Waals surface area contributed by atoms with E-state index in [1.165, 1.54) is 0 Å². The number of hydrogen-bond acceptors (Lipinski definition) is 4. The van der Waals surface area contributed by atoms with Crippen LogP contribution in [0.5, 0.6) is 11.5 Å². The molecule has 0 radical (unpaired) electrons. The summed E-state index contributed by atoms with van der Waals surface area (Å²) >= 11 is 0. The first-order chi connectivity index (χ1) is 16.4. The van der Waals surface area contributed by atoms with Crippen LogP contribution in [-0.2, 0) is 9.59 Å². The number of carbonyl (C=O) groups is 2. The molecule has 0 heterocycles. The molecule has 2 unspecified atom stereocenters. The lowest BCUT2D eigenvalue weighted by Crippen LogP contribution is -2.40. The van der Waals surface area contributed by atoms with Crippen LogP contribution in [0.25, 0.3) is 0 Å². The van der Waals surface area contributed by atoms with Gasteiger partial charge in [-0.05, 0) is 67.8 Å². The quantitative estimate of drug-likeness (QED) is 0.558. The summed E-state index contributed by atoms with van der Waals surface area (Å²) in [7, 11) is 3.53. The van der Waals surface area contributed by atoms with Gasteiger partial charge in [-0.1, -0.05) is 18.3 Å². The number of amides is 2. The zero-order valence-electron chi connectivity index (χ0n) is 19.7. The van der Waals surface area contributed by atoms with Crippen molar-refractivity contribution in [3.63, 3.8) is 0 Å². The molecule has 3 rings (SSSR count). The van der Waals surface area contributed by atoms with Gasteiger partial charge in [0.05, 0.1) is 0 Å². The van der Waals surface area contributed by atoms with Gasteiger partial charge in [0, 0.05) is 37.3 Å². The third-order valence-electron chi connectivity index (χ3n) is 6.13. The van der Waals surface area contributed by atoms with E-state index in [0.717, 1.165) is 30.6 Å². The highest BCUT2D eigenvalue weighted by molar-refractivity contribution is 5.97. The molecular weight excluding hydrogens is 428 g/mol. The maximum absolute atomic E-state index is 13.2. The molecule has 34 heavy (non-hydrogen) atoms. The van der Waals surface area contributed by atoms with Crippen molar-refractivity contribution in [2.75, 3.05) is 37.1 Å². The van der Waals surface area contributed by atoms with Crippen LogP contribution in [0.1, 0.15) is 25.7 Å². The predicted molar refractivity (Wildman–Crippen MR) is 134 cm³/mol. The van der Waals surface area contributed by atoms with Crippen molar-refractivity contribution in [1.29, 1.82) is 0 Å². The summed E-state index contributed by atoms with van der Waals surface area (Å²) in [6, 6.07) is 14.5. The zero-order chi connectivity index (χ0) is 24.5. The van der Waals surface area contributed by atoms with Crippen molar-refractivity contribution in [2.24, 2.45) is 11.8 Å². The summed E-state index contributed by atoms with van der Waals surface area (Å²) in [6.07, 6.45) is 13.4. The average molecular weight is 459 g/mol. The molecule has 0 N–H and O–H groups in total. The second-order valence-corrected chi connectivity index (χ2v) is 8.33. The molecule has 1 aliphatic rings. The average Bonchev–Trinajstić information content (AvgIpc) is 2.89. The normalized spacial score (nSPS) is 17.1. The van der Waals surface area contributed by atoms with Gasteiger partial charge < -0.3 is 19.3 Å². The third-order valence-corrected chi connectivity index (χ3v) is 6.13. The van der Waals surface area contributed by atoms with Crippen molar-refractivity contribution in [3.05, 3.63) is 48.5 Å². The molecule has 2 aromatic rings. The number of terminal acetylenes is 2. The van der Waals surface area contributed by atoms with Crippen LogP contribution in [0.3, 0.4) is 0 Å². The Labute approximate surface area is 201 Å². The molecule has 0 spiro atoms. The van der Waals surface area contributed by atoms with Gasteiger partial charge in [0.25, 0.3) is 0 Å². The maximum Gasteiger partial charge on any atom is 0.229 e. The molecule has 2 aromatic carbocycles. The first-order valence-corrected chi connectivity index (χ1v) is 11.3. The fourth-order valence-electron chi connectivity index (χ4n) is 4.22. The second-order valence-electron chi connectivity index (χ2n) is 8.33. The van der Waals surface area contributed by atoms with Crippen molar-refractivity contribution in [3.8, 4) is 36.2 Å². The highest BCUT2D eigenvalue weighted by Crippen LogP contribution is 2.33. The molecule has 2 atom stereocenters. The van der Waals surface area contributed by atoms with Crippen molar-refractivity contribution in [1.82, 2.24) is 0 Å². The number of hydrogen-bond donors (Lipinski definition) is 0. The topological polar surface area (TPSA) is 59.1 Å². The number of ether oxygens (including phenoxy) is 2. The van der Waals surface area contributed by atoms with Crippen molar-refractivity contribution < 1.29 is 19.1 Å². The minimum absolute atomic E-state index is 0.0208. The Morgan fingerprint density at radius 1 is 0.794 bits per heavy atom. The Morgan fingerprint density at radius 3 is 1.53 bits per heavy atom. The summed E-state index contributed by atoms with van der Waals surface area (Å²) in [5.41, 5.74) is 1.55. The van der Waals surface area contributed by atoms with E-state index in [1.807, 2.05) is 24.3 Å². The molecule has 6 heteroatoms. The van der Waals surface area contributed by atoms with Crippen LogP contribution >= 0.6 is 0 Å². The van der Waals surface area contributed by atoms with E-state index in [2.05, 4.69) is 11.8 Å². The minimum Gasteiger partial charge on any atom is -0.481 e. The molecule has 1 fully saturated rings. The molecule has 0 saturated heterocycles. The second kappa shape index (κ2) is 11.8. The number of carbonyl (C=O) groups excluding carboxylic acids is 2. The van der Waals surface area contributed by atoms with Crippen LogP contribution in [0, 0.1) is 36.5 Å². The number of rotatable bonds is 8. The fraction of sp³-hybridized carbons (Fsp3) is 0.357. The van der Waals surface area contributed by atoms with Crippen LogP contribution < -0.4 is 19.3 Å². The molecule has 0 aliphatic heterocycles. The largest absolute Gasteiger partial charge is 0.481 e. The number of anilines is 2. The van der Waals surface area contributed by atoms with Crippen LogP contribution in [0.2, 0.25) is 0 Å². The van der Waals surface area contributed by atoms with E-state index in [4.69, 9.17) is 22.3 Å². The minimum atomic E-state index is -0.196. The maximum atomic E-state index is 13.2. The van der Waals surface area contributed by atoms with E-state index in [1.54, 1.807) is 48.2 Å². The van der Waals surface area contributed by atoms with Gasteiger partial charge in [-0.15, -0.1) is 12.8 Å². The summed E-state index contributed by atoms with van der Waals surface area (Å²) in [6.45, 7) is 0.396. The van der Waals surface area contributed by atoms with E-state index < -0.39 is 0 Å². The van der Waals surface area contributed by atoms with Crippen LogP contribution in [0.4, 0.5) is 11.4 Å². The fourth-order valence-corrected chi connectivity index (χ4v) is 4.22. The van der Waals surface area contributed by atoms with Crippen LogP contribution in [0.15, 0.2) is 48.5 Å². The van der Waals surface area contributed by atoms with Gasteiger partial charge in [0.2, 0.25) is 11.8 Å². The smallest absolute Gasteiger partial charge is 0.229 e. The number of benzene rings is 2. The Bertz CT molecular complexity index is 978. The molecular formula is C28H30N2O4. The summed E-state index contributed by atoms with van der Waals surface area (Å²) in [5, 5.41) is 0. The van der Waals surface area contributed by atoms with Crippen molar-refractivity contribution in [2.45, 2.75) is 25.7 Å². The molecule has 6 nitrogen and oxygen atoms in total. The Morgan fingerprint density at radius 2 is 1.18 bits per heavy atom. The lowest BCUT2D eigenvalue weighted by molar-refractivity contribution is -0.127. The van der Waals surface area contributed by atoms with E-state index in [0.29, 0.717) is 17.9 Å². The van der Waals surface area contributed by atoms with E-state index in [-0.39, 0.29) is 36.9 Å². The molecule has 0 bridgehead atoms. The predicted octanol–water partition coefficient (Wildman–Crippen LogP) is 4.14. The summed E-state index contributed by atoms with van der Waals surface area (Å²) in [4.78, 5) is 29.7. The van der Waals surface area contributed by atoms with Crippen molar-refractivity contribution >= 4 is 23.2 Å². The van der Waals surface area contributed by atoms with Gasteiger partial charge in [-0.3, -0.25) is 9.59 Å². The Kier molecular flexibility index (Phi) is 8.60. The highest BCUT2D eigenvalue weighted by Gasteiger charge is 2.34. The molecule has 1 aliphatic carbocycles. The third kappa shape index (κ3) is 6.11. The van der Waals surface area contributed by atoms with Gasteiger partial charge in [0.1, 0.15) is 24.7 Å². The standard InChI is InChI=1S/C28H30N2O4/c1-5-18-33-25-14-10-23(11-15-25)29(3)27(31)21-8-7-9-22(20-21)28(32)30(4)24-12-16-26(17-13-24)34-19-6-2/h1-2,10-17,21-22H,7-9,18-20H2,3-4H3. The molecule has 2 amide bonds. The highest BCUT2D eigenvalue weighted by atomic mass is 16.5. The Hall–Kier alpha value is -3.90. The number of nitrogens with zero attached hydrogens (tertiary/aromatic N) is 2. The molecule has 0 aromatic heterocycles. The Balaban J connectivity index is 1.61. The van der Waals surface area contributed by atoms with Gasteiger partial charge in [-0.25, -0.2) is 0 Å². The van der Waals surface area contributed by atoms with Gasteiger partial charge in [-0.2, -0.15) is 0 Å². The first-order valence-electron chi connectivity index (χ1n) is 11.3. The van der Waals surface area contributed by atoms with Gasteiger partial charge >= 0.3 is 0 Å². The van der Waals surface area contributed by atoms with Gasteiger partial charge in [0.15, 0.2) is 0 Å². The van der Waals surface area contributed by atoms with Crippen LogP contribution in [-0.4, -0.2) is 39.1 Å². The van der Waals surface area contributed by atoms with E-state index >= 15 is 0 Å². The SMILES string of the molecule is C#CCOc1ccc(N(C)C(=O)C2CCCC(C(=O)N(C)c3ccc(OCC#C)cc3)C2)cc1. The zero-order valence-corrected chi connectivity index (χ0v) is 19.7. The lowest BCUT2D eigenvalue weighted by Gasteiger charge is -2.32.